The molecule has 0 amide bonds. The molecule has 0 spiro atoms. The lowest BCUT2D eigenvalue weighted by molar-refractivity contribution is -0.141. The maximum Gasteiger partial charge on any atom is 0.416 e. The molecule has 0 saturated carbocycles. The third kappa shape index (κ3) is 4.24. The van der Waals surface area contributed by atoms with E-state index >= 15 is 0 Å². The predicted octanol–water partition coefficient (Wildman–Crippen LogP) is 4.60. The van der Waals surface area contributed by atoms with Gasteiger partial charge in [0.2, 0.25) is 0 Å². The molecule has 2 aromatic carbocycles. The summed E-state index contributed by atoms with van der Waals surface area (Å²) in [5.74, 6) is -0.540. The van der Waals surface area contributed by atoms with E-state index in [9.17, 15) is 26.4 Å². The lowest BCUT2D eigenvalue weighted by Crippen LogP contribution is -2.15. The standard InChI is InChI=1S/C19H16ClF3N2O4S/c1-11-18(15-9-13(20)5-8-16(15)25(11)10-17(26)29-2)24-30(27,28)14-6-3-12(4-7-14)19(21,22)23/h3-9,24H,10H2,1-2H3. The minimum atomic E-state index is -4.58. The molecule has 0 radical (unpaired) electrons. The first-order valence-corrected chi connectivity index (χ1v) is 10.4. The molecule has 0 atom stereocenters. The number of rotatable bonds is 5. The Kier molecular flexibility index (Phi) is 5.74. The molecular weight excluding hydrogens is 445 g/mol. The normalized spacial score (nSPS) is 12.2. The lowest BCUT2D eigenvalue weighted by atomic mass is 10.2. The molecule has 0 fully saturated rings. The SMILES string of the molecule is COC(=O)Cn1c(C)c(NS(=O)(=O)c2ccc(C(F)(F)F)cc2)c2cc(Cl)ccc21. The number of sulfonamides is 1. The van der Waals surface area contributed by atoms with Crippen molar-refractivity contribution in [2.75, 3.05) is 11.8 Å². The first kappa shape index (κ1) is 22.0. The van der Waals surface area contributed by atoms with Crippen molar-refractivity contribution >= 4 is 44.2 Å². The number of benzene rings is 2. The van der Waals surface area contributed by atoms with Crippen molar-refractivity contribution in [2.45, 2.75) is 24.5 Å². The van der Waals surface area contributed by atoms with Crippen LogP contribution in [0.2, 0.25) is 5.02 Å². The highest BCUT2D eigenvalue weighted by atomic mass is 35.5. The number of ether oxygens (including phenoxy) is 1. The van der Waals surface area contributed by atoms with Gasteiger partial charge in [0, 0.05) is 16.1 Å². The molecule has 6 nitrogen and oxygen atoms in total. The molecule has 1 heterocycles. The van der Waals surface area contributed by atoms with Crippen LogP contribution in [0.15, 0.2) is 47.4 Å². The molecule has 0 aliphatic carbocycles. The quantitative estimate of drug-likeness (QED) is 0.565. The topological polar surface area (TPSA) is 77.4 Å². The largest absolute Gasteiger partial charge is 0.468 e. The van der Waals surface area contributed by atoms with Gasteiger partial charge in [-0.25, -0.2) is 8.42 Å². The van der Waals surface area contributed by atoms with Crippen LogP contribution in [0.25, 0.3) is 10.9 Å². The van der Waals surface area contributed by atoms with Gasteiger partial charge in [0.1, 0.15) is 6.54 Å². The molecule has 0 aliphatic rings. The van der Waals surface area contributed by atoms with Crippen molar-refractivity contribution < 1.29 is 31.1 Å². The molecule has 0 aliphatic heterocycles. The number of hydrogen-bond acceptors (Lipinski definition) is 4. The van der Waals surface area contributed by atoms with E-state index in [0.717, 1.165) is 12.1 Å². The van der Waals surface area contributed by atoms with Crippen molar-refractivity contribution in [3.05, 3.63) is 58.7 Å². The fourth-order valence-corrected chi connectivity index (χ4v) is 4.31. The van der Waals surface area contributed by atoms with Gasteiger partial charge in [-0.3, -0.25) is 9.52 Å². The van der Waals surface area contributed by atoms with E-state index < -0.39 is 27.7 Å². The third-order valence-corrected chi connectivity index (χ3v) is 6.13. The fourth-order valence-electron chi connectivity index (χ4n) is 3.00. The van der Waals surface area contributed by atoms with Gasteiger partial charge in [0.25, 0.3) is 10.0 Å². The first-order valence-electron chi connectivity index (χ1n) is 8.49. The summed E-state index contributed by atoms with van der Waals surface area (Å²) in [5.41, 5.74) is 0.149. The highest BCUT2D eigenvalue weighted by Gasteiger charge is 2.31. The molecular formula is C19H16ClF3N2O4S. The minimum absolute atomic E-state index is 0.163. The molecule has 1 aromatic heterocycles. The van der Waals surface area contributed by atoms with Crippen molar-refractivity contribution in [3.8, 4) is 0 Å². The molecule has 160 valence electrons. The Bertz CT molecular complexity index is 1220. The van der Waals surface area contributed by atoms with Crippen molar-refractivity contribution in [1.82, 2.24) is 4.57 Å². The average Bonchev–Trinajstić information content (AvgIpc) is 2.92. The number of alkyl halides is 3. The summed E-state index contributed by atoms with van der Waals surface area (Å²) in [4.78, 5) is 11.4. The number of anilines is 1. The number of hydrogen-bond donors (Lipinski definition) is 1. The zero-order valence-corrected chi connectivity index (χ0v) is 17.3. The number of carbonyl (C=O) groups is 1. The summed E-state index contributed by atoms with van der Waals surface area (Å²) < 4.78 is 72.5. The summed E-state index contributed by atoms with van der Waals surface area (Å²) in [7, 11) is -2.98. The Morgan fingerprint density at radius 2 is 1.80 bits per heavy atom. The zero-order chi connectivity index (χ0) is 22.3. The number of esters is 1. The van der Waals surface area contributed by atoms with Gasteiger partial charge in [-0.2, -0.15) is 13.2 Å². The van der Waals surface area contributed by atoms with Gasteiger partial charge in [0.05, 0.1) is 28.8 Å². The molecule has 0 unspecified atom stereocenters. The summed E-state index contributed by atoms with van der Waals surface area (Å²) >= 11 is 6.05. The van der Waals surface area contributed by atoms with Gasteiger partial charge in [0.15, 0.2) is 0 Å². The van der Waals surface area contributed by atoms with Crippen LogP contribution in [0.3, 0.4) is 0 Å². The number of carbonyl (C=O) groups excluding carboxylic acids is 1. The van der Waals surface area contributed by atoms with Crippen LogP contribution in [0.1, 0.15) is 11.3 Å². The van der Waals surface area contributed by atoms with Gasteiger partial charge in [-0.1, -0.05) is 11.6 Å². The fraction of sp³-hybridized carbons (Fsp3) is 0.211. The monoisotopic (exact) mass is 460 g/mol. The Labute approximate surface area is 175 Å². The van der Waals surface area contributed by atoms with Gasteiger partial charge < -0.3 is 9.30 Å². The van der Waals surface area contributed by atoms with Crippen molar-refractivity contribution in [2.24, 2.45) is 0 Å². The molecule has 1 N–H and O–H groups in total. The second-order valence-corrected chi connectivity index (χ2v) is 8.53. The van der Waals surface area contributed by atoms with Crippen LogP contribution < -0.4 is 4.72 Å². The maximum absolute atomic E-state index is 12.8. The van der Waals surface area contributed by atoms with E-state index in [1.165, 1.54) is 13.2 Å². The smallest absolute Gasteiger partial charge is 0.416 e. The van der Waals surface area contributed by atoms with Gasteiger partial charge in [-0.15, -0.1) is 0 Å². The number of fused-ring (bicyclic) bond motifs is 1. The van der Waals surface area contributed by atoms with Crippen LogP contribution in [0.5, 0.6) is 0 Å². The maximum atomic E-state index is 12.8. The van der Waals surface area contributed by atoms with Crippen molar-refractivity contribution in [1.29, 1.82) is 0 Å². The van der Waals surface area contributed by atoms with Crippen LogP contribution in [0.4, 0.5) is 18.9 Å². The number of halogens is 4. The third-order valence-electron chi connectivity index (χ3n) is 4.53. The molecule has 0 bridgehead atoms. The number of methoxy groups -OCH3 is 1. The number of nitrogens with one attached hydrogen (secondary N) is 1. The minimum Gasteiger partial charge on any atom is -0.468 e. The van der Waals surface area contributed by atoms with E-state index in [4.69, 9.17) is 11.6 Å². The molecule has 3 rings (SSSR count). The summed E-state index contributed by atoms with van der Waals surface area (Å²) in [5, 5.41) is 0.770. The van der Waals surface area contributed by atoms with Crippen LogP contribution in [0, 0.1) is 6.92 Å². The Morgan fingerprint density at radius 1 is 1.17 bits per heavy atom. The Hall–Kier alpha value is -2.72. The summed E-state index contributed by atoms with van der Waals surface area (Å²) in [6.45, 7) is 1.43. The summed E-state index contributed by atoms with van der Waals surface area (Å²) in [6, 6.07) is 7.89. The lowest BCUT2D eigenvalue weighted by Gasteiger charge is -2.11. The van der Waals surface area contributed by atoms with Gasteiger partial charge >= 0.3 is 12.1 Å². The number of aromatic nitrogens is 1. The highest BCUT2D eigenvalue weighted by Crippen LogP contribution is 2.35. The van der Waals surface area contributed by atoms with Crippen molar-refractivity contribution in [3.63, 3.8) is 0 Å². The second-order valence-electron chi connectivity index (χ2n) is 6.41. The van der Waals surface area contributed by atoms with E-state index in [1.54, 1.807) is 23.6 Å². The van der Waals surface area contributed by atoms with Crippen LogP contribution >= 0.6 is 11.6 Å². The molecule has 3 aromatic rings. The summed E-state index contributed by atoms with van der Waals surface area (Å²) in [6.07, 6.45) is -4.58. The molecule has 11 heteroatoms. The van der Waals surface area contributed by atoms with E-state index in [2.05, 4.69) is 9.46 Å². The van der Waals surface area contributed by atoms with E-state index in [-0.39, 0.29) is 17.1 Å². The number of nitrogens with zero attached hydrogens (tertiary/aromatic N) is 1. The molecule has 30 heavy (non-hydrogen) atoms. The Balaban J connectivity index is 2.07. The zero-order valence-electron chi connectivity index (χ0n) is 15.7. The predicted molar refractivity (Wildman–Crippen MR) is 106 cm³/mol. The van der Waals surface area contributed by atoms with Crippen LogP contribution in [-0.2, 0) is 32.3 Å². The van der Waals surface area contributed by atoms with E-state index in [1.807, 2.05) is 0 Å². The average molecular weight is 461 g/mol. The van der Waals surface area contributed by atoms with Gasteiger partial charge in [-0.05, 0) is 49.4 Å². The van der Waals surface area contributed by atoms with Crippen LogP contribution in [-0.4, -0.2) is 26.1 Å². The first-order chi connectivity index (χ1) is 13.9. The highest BCUT2D eigenvalue weighted by molar-refractivity contribution is 7.92. The Morgan fingerprint density at radius 3 is 2.37 bits per heavy atom. The second kappa shape index (κ2) is 7.84. The molecule has 0 saturated heterocycles. The van der Waals surface area contributed by atoms with E-state index in [0.29, 0.717) is 33.8 Å².